The number of esters is 2. The largest absolute Gasteiger partial charge is 0.493 e. The minimum Gasteiger partial charge on any atom is -0.493 e. The number of carbonyl (C=O) groups is 3. The molecule has 2 aliphatic heterocycles. The Balaban J connectivity index is 2.34. The van der Waals surface area contributed by atoms with Crippen LogP contribution in [0.5, 0.6) is 11.5 Å². The van der Waals surface area contributed by atoms with Crippen LogP contribution in [0.3, 0.4) is 0 Å². The molecule has 2 bridgehead atoms. The average Bonchev–Trinajstić information content (AvgIpc) is 3.15. The van der Waals surface area contributed by atoms with Gasteiger partial charge in [-0.2, -0.15) is 0 Å². The van der Waals surface area contributed by atoms with Gasteiger partial charge in [-0.15, -0.1) is 0 Å². The third kappa shape index (κ3) is 2.59. The van der Waals surface area contributed by atoms with Gasteiger partial charge in [-0.05, 0) is 30.2 Å². The van der Waals surface area contributed by atoms with Crippen LogP contribution in [0.25, 0.3) is 0 Å². The predicted molar refractivity (Wildman–Crippen MR) is 91.4 cm³/mol. The Morgan fingerprint density at radius 1 is 1.00 bits per heavy atom. The van der Waals surface area contributed by atoms with Crippen LogP contribution >= 0.6 is 0 Å². The fourth-order valence-electron chi connectivity index (χ4n) is 3.82. The highest BCUT2D eigenvalue weighted by atomic mass is 16.6. The Labute approximate surface area is 156 Å². The summed E-state index contributed by atoms with van der Waals surface area (Å²) in [4.78, 5) is 37.1. The first-order valence-electron chi connectivity index (χ1n) is 8.19. The molecule has 2 aliphatic rings. The number of fused-ring (bicyclic) bond motifs is 5. The summed E-state index contributed by atoms with van der Waals surface area (Å²) in [6, 6.07) is 3.34. The maximum Gasteiger partial charge on any atom is 0.337 e. The minimum absolute atomic E-state index is 0.0169. The Bertz CT molecular complexity index is 869. The van der Waals surface area contributed by atoms with E-state index in [1.165, 1.54) is 35.4 Å². The molecule has 27 heavy (non-hydrogen) atoms. The summed E-state index contributed by atoms with van der Waals surface area (Å²) >= 11 is 0. The van der Waals surface area contributed by atoms with E-state index in [0.29, 0.717) is 22.6 Å². The first-order chi connectivity index (χ1) is 12.8. The van der Waals surface area contributed by atoms with Crippen molar-refractivity contribution < 1.29 is 38.1 Å². The topological polar surface area (TPSA) is 97.4 Å². The molecule has 0 fully saturated rings. The second kappa shape index (κ2) is 6.70. The van der Waals surface area contributed by atoms with Gasteiger partial charge in [0, 0.05) is 6.42 Å². The van der Waals surface area contributed by atoms with E-state index < -0.39 is 23.6 Å². The quantitative estimate of drug-likeness (QED) is 0.691. The van der Waals surface area contributed by atoms with E-state index in [1.54, 1.807) is 12.1 Å². The summed E-state index contributed by atoms with van der Waals surface area (Å²) in [5, 5.41) is 0. The molecule has 8 nitrogen and oxygen atoms in total. The Kier molecular flexibility index (Phi) is 4.69. The third-order valence-electron chi connectivity index (χ3n) is 4.82. The highest BCUT2D eigenvalue weighted by Gasteiger charge is 2.61. The van der Waals surface area contributed by atoms with Gasteiger partial charge >= 0.3 is 11.9 Å². The van der Waals surface area contributed by atoms with Gasteiger partial charge in [0.15, 0.2) is 11.5 Å². The molecule has 8 heteroatoms. The van der Waals surface area contributed by atoms with Gasteiger partial charge in [0.25, 0.3) is 0 Å². The first-order valence-corrected chi connectivity index (χ1v) is 8.19. The van der Waals surface area contributed by atoms with Crippen LogP contribution in [0.4, 0.5) is 0 Å². The van der Waals surface area contributed by atoms with Gasteiger partial charge in [-0.25, -0.2) is 9.59 Å². The molecule has 2 heterocycles. The van der Waals surface area contributed by atoms with Crippen LogP contribution in [0.2, 0.25) is 0 Å². The smallest absolute Gasteiger partial charge is 0.337 e. The standard InChI is InChI=1S/C19H20O8/c1-9(20)8-19-11-7-13(24-3)12(23-2)6-10(11)16(27-19)14(17(21)25-4)15(19)18(22)26-5/h6-7,16H,8H2,1-5H3. The van der Waals surface area contributed by atoms with Crippen molar-refractivity contribution in [2.24, 2.45) is 0 Å². The summed E-state index contributed by atoms with van der Waals surface area (Å²) in [7, 11) is 5.38. The molecule has 0 saturated carbocycles. The van der Waals surface area contributed by atoms with E-state index in [4.69, 9.17) is 23.7 Å². The maximum absolute atomic E-state index is 12.6. The van der Waals surface area contributed by atoms with Crippen LogP contribution in [0.15, 0.2) is 23.3 Å². The summed E-state index contributed by atoms with van der Waals surface area (Å²) in [6.45, 7) is 1.39. The first kappa shape index (κ1) is 18.9. The number of hydrogen-bond acceptors (Lipinski definition) is 8. The molecule has 1 aromatic carbocycles. The van der Waals surface area contributed by atoms with Crippen molar-refractivity contribution >= 4 is 17.7 Å². The van der Waals surface area contributed by atoms with E-state index >= 15 is 0 Å². The van der Waals surface area contributed by atoms with Crippen molar-refractivity contribution in [3.05, 3.63) is 34.4 Å². The summed E-state index contributed by atoms with van der Waals surface area (Å²) in [5.41, 5.74) is -0.250. The fourth-order valence-corrected chi connectivity index (χ4v) is 3.82. The normalized spacial score (nSPS) is 22.3. The number of hydrogen-bond donors (Lipinski definition) is 0. The lowest BCUT2D eigenvalue weighted by atomic mass is 9.74. The van der Waals surface area contributed by atoms with Gasteiger partial charge in [0.1, 0.15) is 17.5 Å². The van der Waals surface area contributed by atoms with Crippen molar-refractivity contribution in [1.82, 2.24) is 0 Å². The zero-order valence-corrected chi connectivity index (χ0v) is 15.7. The second-order valence-electron chi connectivity index (χ2n) is 6.27. The third-order valence-corrected chi connectivity index (χ3v) is 4.82. The molecule has 0 saturated heterocycles. The highest BCUT2D eigenvalue weighted by molar-refractivity contribution is 6.06. The number of benzene rings is 1. The molecule has 0 spiro atoms. The summed E-state index contributed by atoms with van der Waals surface area (Å²) in [6.07, 6.45) is -1.02. The van der Waals surface area contributed by atoms with E-state index in [0.717, 1.165) is 0 Å². The van der Waals surface area contributed by atoms with Crippen molar-refractivity contribution in [3.8, 4) is 11.5 Å². The van der Waals surface area contributed by atoms with Crippen molar-refractivity contribution in [3.63, 3.8) is 0 Å². The molecule has 144 valence electrons. The highest BCUT2D eigenvalue weighted by Crippen LogP contribution is 2.61. The van der Waals surface area contributed by atoms with Crippen LogP contribution in [-0.2, 0) is 34.2 Å². The summed E-state index contributed by atoms with van der Waals surface area (Å²) < 4.78 is 26.5. The lowest BCUT2D eigenvalue weighted by Gasteiger charge is -2.29. The molecule has 2 atom stereocenters. The van der Waals surface area contributed by atoms with Crippen molar-refractivity contribution in [2.75, 3.05) is 28.4 Å². The molecular formula is C19H20O8. The molecule has 0 amide bonds. The van der Waals surface area contributed by atoms with E-state index in [2.05, 4.69) is 0 Å². The average molecular weight is 376 g/mol. The Hall–Kier alpha value is -2.87. The lowest BCUT2D eigenvalue weighted by molar-refractivity contribution is -0.140. The molecule has 0 aromatic heterocycles. The number of rotatable bonds is 6. The molecule has 0 aliphatic carbocycles. The molecule has 0 radical (unpaired) electrons. The number of ether oxygens (including phenoxy) is 5. The Morgan fingerprint density at radius 2 is 1.59 bits per heavy atom. The monoisotopic (exact) mass is 376 g/mol. The van der Waals surface area contributed by atoms with Crippen molar-refractivity contribution in [2.45, 2.75) is 25.0 Å². The number of carbonyl (C=O) groups excluding carboxylic acids is 3. The maximum atomic E-state index is 12.6. The molecule has 2 unspecified atom stereocenters. The fraction of sp³-hybridized carbons (Fsp3) is 0.421. The molecular weight excluding hydrogens is 356 g/mol. The predicted octanol–water partition coefficient (Wildman–Crippen LogP) is 1.61. The van der Waals surface area contributed by atoms with Crippen LogP contribution in [0.1, 0.15) is 30.6 Å². The molecule has 0 N–H and O–H groups in total. The van der Waals surface area contributed by atoms with Crippen LogP contribution < -0.4 is 9.47 Å². The lowest BCUT2D eigenvalue weighted by Crippen LogP contribution is -2.34. The van der Waals surface area contributed by atoms with Crippen LogP contribution in [0, 0.1) is 0 Å². The summed E-state index contributed by atoms with van der Waals surface area (Å²) in [5.74, 6) is -0.830. The van der Waals surface area contributed by atoms with Gasteiger partial charge in [0.2, 0.25) is 0 Å². The molecule has 1 aromatic rings. The molecule has 3 rings (SSSR count). The van der Waals surface area contributed by atoms with Crippen molar-refractivity contribution in [1.29, 1.82) is 0 Å². The van der Waals surface area contributed by atoms with E-state index in [9.17, 15) is 14.4 Å². The van der Waals surface area contributed by atoms with Gasteiger partial charge < -0.3 is 23.7 Å². The van der Waals surface area contributed by atoms with Gasteiger partial charge in [0.05, 0.1) is 39.6 Å². The van der Waals surface area contributed by atoms with Gasteiger partial charge in [-0.1, -0.05) is 0 Å². The Morgan fingerprint density at radius 3 is 2.11 bits per heavy atom. The van der Waals surface area contributed by atoms with Crippen LogP contribution in [-0.4, -0.2) is 46.2 Å². The van der Waals surface area contributed by atoms with E-state index in [-0.39, 0.29) is 23.4 Å². The second-order valence-corrected chi connectivity index (χ2v) is 6.27. The SMILES string of the molecule is COC(=O)C1=C(C(=O)OC)C2(CC(C)=O)OC1c1cc(OC)c(OC)cc12. The van der Waals surface area contributed by atoms with Gasteiger partial charge in [-0.3, -0.25) is 4.79 Å². The minimum atomic E-state index is -1.44. The van der Waals surface area contributed by atoms with E-state index in [1.807, 2.05) is 0 Å². The number of methoxy groups -OCH3 is 4. The zero-order chi connectivity index (χ0) is 19.9. The number of Topliss-reactive ketones (excluding diaryl/α,β-unsaturated/α-hetero) is 1. The number of ketones is 1. The zero-order valence-electron chi connectivity index (χ0n) is 15.7.